The summed E-state index contributed by atoms with van der Waals surface area (Å²) in [5, 5.41) is 0. The molecule has 52 heavy (non-hydrogen) atoms. The summed E-state index contributed by atoms with van der Waals surface area (Å²) >= 11 is -1.39. The molecule has 1 amide bonds. The average Bonchev–Trinajstić information content (AvgIpc) is 3.67. The molecule has 0 saturated heterocycles. The number of halogens is 5. The van der Waals surface area contributed by atoms with Crippen LogP contribution in [0, 0.1) is 23.2 Å². The molecule has 6 atom stereocenters. The van der Waals surface area contributed by atoms with Gasteiger partial charge in [0, 0.05) is 24.5 Å². The van der Waals surface area contributed by atoms with Gasteiger partial charge < -0.3 is 9.29 Å². The zero-order valence-corrected chi connectivity index (χ0v) is 30.9. The quantitative estimate of drug-likeness (QED) is 0.103. The fraction of sp³-hybridized carbons (Fsp3) is 0.675. The van der Waals surface area contributed by atoms with Gasteiger partial charge in [0.05, 0.1) is 18.8 Å². The first-order valence-electron chi connectivity index (χ1n) is 19.1. The highest BCUT2D eigenvalue weighted by atomic mass is 32.2. The Morgan fingerprint density at radius 2 is 1.71 bits per heavy atom. The summed E-state index contributed by atoms with van der Waals surface area (Å²) < 4.78 is 81.0. The second kappa shape index (κ2) is 16.3. The third-order valence-electron chi connectivity index (χ3n) is 12.5. The molecule has 2 fully saturated rings. The predicted octanol–water partition coefficient (Wildman–Crippen LogP) is 10.1. The van der Waals surface area contributed by atoms with Crippen LogP contribution < -0.4 is 4.74 Å². The Bertz CT molecular complexity index is 1550. The number of alkyl halides is 5. The van der Waals surface area contributed by atoms with Gasteiger partial charge in [-0.3, -0.25) is 14.7 Å². The van der Waals surface area contributed by atoms with Crippen LogP contribution >= 0.6 is 0 Å². The van der Waals surface area contributed by atoms with Crippen molar-refractivity contribution in [1.29, 1.82) is 0 Å². The largest absolute Gasteiger partial charge is 0.616 e. The number of fused-ring (bicyclic) bond motifs is 6. The Hall–Kier alpha value is -2.73. The molecule has 3 aliphatic carbocycles. The van der Waals surface area contributed by atoms with E-state index in [2.05, 4.69) is 24.0 Å². The van der Waals surface area contributed by atoms with Gasteiger partial charge in [-0.15, -0.1) is 0 Å². The molecule has 0 unspecified atom stereocenters. The lowest BCUT2D eigenvalue weighted by atomic mass is 9.52. The highest BCUT2D eigenvalue weighted by molar-refractivity contribution is 7.91. The number of unbranched alkanes of at least 4 members (excludes halogenated alkanes) is 6. The van der Waals surface area contributed by atoms with Crippen LogP contribution in [0.15, 0.2) is 36.5 Å². The number of hydrogen-bond acceptors (Lipinski definition) is 5. The molecule has 4 aliphatic rings. The maximum Gasteiger partial charge on any atom is 0.453 e. The van der Waals surface area contributed by atoms with E-state index in [0.717, 1.165) is 81.9 Å². The van der Waals surface area contributed by atoms with Crippen molar-refractivity contribution < 1.29 is 40.8 Å². The molecule has 2 saturated carbocycles. The van der Waals surface area contributed by atoms with Gasteiger partial charge in [0.1, 0.15) is 23.0 Å². The molecule has 0 radical (unpaired) electrons. The molecule has 12 heteroatoms. The van der Waals surface area contributed by atoms with Crippen LogP contribution in [0.5, 0.6) is 5.75 Å². The maximum atomic E-state index is 13.1. The van der Waals surface area contributed by atoms with E-state index in [0.29, 0.717) is 66.9 Å². The first-order chi connectivity index (χ1) is 24.8. The summed E-state index contributed by atoms with van der Waals surface area (Å²) in [4.78, 5) is 32.3. The molecule has 0 N–H and O–H groups in total. The van der Waals surface area contributed by atoms with Gasteiger partial charge in [0.15, 0.2) is 0 Å². The fourth-order valence-electron chi connectivity index (χ4n) is 9.63. The van der Waals surface area contributed by atoms with E-state index in [9.17, 15) is 36.1 Å². The SMILES string of the molecule is C[C@@]12CC[C@H]3c4ccc(OC(=O)N5Cc6cccnc6C5)cc4C[C@@H](CCCCCCCCC[S@@+]([O-])CCCC(F)(F)C(F)(F)F)[C@H]3[C@H]1CCC2=O. The van der Waals surface area contributed by atoms with Crippen molar-refractivity contribution in [2.45, 2.75) is 134 Å². The van der Waals surface area contributed by atoms with Crippen LogP contribution in [-0.4, -0.2) is 49.9 Å². The van der Waals surface area contributed by atoms with Crippen molar-refractivity contribution in [1.82, 2.24) is 9.88 Å². The van der Waals surface area contributed by atoms with Crippen molar-refractivity contribution in [3.05, 3.63) is 58.9 Å². The second-order valence-corrected chi connectivity index (χ2v) is 17.5. The Morgan fingerprint density at radius 3 is 2.46 bits per heavy atom. The number of amides is 1. The molecule has 1 aromatic carbocycles. The van der Waals surface area contributed by atoms with E-state index < -0.39 is 36.1 Å². The van der Waals surface area contributed by atoms with E-state index in [1.54, 1.807) is 11.1 Å². The summed E-state index contributed by atoms with van der Waals surface area (Å²) in [6.45, 7) is 3.13. The monoisotopic (exact) mass is 750 g/mol. The number of Topliss-reactive ketones (excluding diaryl/α,β-unsaturated/α-hetero) is 1. The van der Waals surface area contributed by atoms with Crippen LogP contribution in [0.2, 0.25) is 0 Å². The van der Waals surface area contributed by atoms with Crippen molar-refractivity contribution in [2.75, 3.05) is 11.5 Å². The van der Waals surface area contributed by atoms with Gasteiger partial charge in [-0.25, -0.2) is 4.79 Å². The van der Waals surface area contributed by atoms with Crippen LogP contribution in [0.25, 0.3) is 0 Å². The molecule has 2 heterocycles. The second-order valence-electron chi connectivity index (χ2n) is 15.8. The van der Waals surface area contributed by atoms with Gasteiger partial charge in [0.25, 0.3) is 0 Å². The van der Waals surface area contributed by atoms with Crippen molar-refractivity contribution in [2.24, 2.45) is 23.2 Å². The van der Waals surface area contributed by atoms with Gasteiger partial charge in [0.2, 0.25) is 0 Å². The minimum absolute atomic E-state index is 0.133. The molecule has 286 valence electrons. The highest BCUT2D eigenvalue weighted by Crippen LogP contribution is 2.61. The van der Waals surface area contributed by atoms with Crippen LogP contribution in [-0.2, 0) is 35.5 Å². The van der Waals surface area contributed by atoms with Gasteiger partial charge in [-0.05, 0) is 110 Å². The summed E-state index contributed by atoms with van der Waals surface area (Å²) in [6, 6.07) is 10.0. The number of pyridine rings is 1. The number of ether oxygens (including phenoxy) is 1. The van der Waals surface area contributed by atoms with Crippen LogP contribution in [0.1, 0.15) is 125 Å². The number of nitrogens with zero attached hydrogens (tertiary/aromatic N) is 2. The van der Waals surface area contributed by atoms with Crippen molar-refractivity contribution >= 4 is 23.1 Å². The number of carbonyl (C=O) groups is 2. The molecule has 1 aromatic heterocycles. The molecular formula is C40H51F5N2O4S. The highest BCUT2D eigenvalue weighted by Gasteiger charge is 2.57. The number of aromatic nitrogens is 1. The predicted molar refractivity (Wildman–Crippen MR) is 189 cm³/mol. The van der Waals surface area contributed by atoms with E-state index in [-0.39, 0.29) is 17.3 Å². The Kier molecular flexibility index (Phi) is 12.2. The summed E-state index contributed by atoms with van der Waals surface area (Å²) in [5.74, 6) is -1.84. The van der Waals surface area contributed by atoms with Gasteiger partial charge in [-0.2, -0.15) is 22.0 Å². The Balaban J connectivity index is 0.974. The molecule has 0 bridgehead atoms. The number of rotatable bonds is 15. The zero-order chi connectivity index (χ0) is 37.1. The van der Waals surface area contributed by atoms with Crippen LogP contribution in [0.4, 0.5) is 26.7 Å². The van der Waals surface area contributed by atoms with E-state index in [1.165, 1.54) is 11.1 Å². The Morgan fingerprint density at radius 1 is 0.981 bits per heavy atom. The van der Waals surface area contributed by atoms with Crippen molar-refractivity contribution in [3.8, 4) is 5.75 Å². The lowest BCUT2D eigenvalue weighted by molar-refractivity contribution is -0.284. The standard InChI is InChI=1S/C40H51F5N2O4S/c1-38-19-17-32-31-14-13-30(51-37(49)47-25-28-12-9-20-46-34(28)26-47)24-29(31)23-27(36(32)33(38)15-16-35(38)48)11-7-5-3-2-4-6-8-21-52(50)22-10-18-39(41,42)40(43,44)45/h9,12-14,20,24,27,32-33,36H,2-8,10-11,15-19,21-23,25-26H2,1H3/t27-,32+,33-,36-,38-,52-/m1/s1. The lowest BCUT2D eigenvalue weighted by Crippen LogP contribution is -2.46. The lowest BCUT2D eigenvalue weighted by Gasteiger charge is -2.51. The normalized spacial score (nSPS) is 26.1. The van der Waals surface area contributed by atoms with E-state index in [1.807, 2.05) is 18.2 Å². The summed E-state index contributed by atoms with van der Waals surface area (Å²) in [6.07, 6.45) is 6.41. The molecule has 2 aromatic rings. The van der Waals surface area contributed by atoms with Gasteiger partial charge >= 0.3 is 18.2 Å². The first-order valence-corrected chi connectivity index (χ1v) is 20.6. The number of ketones is 1. The molecular weight excluding hydrogens is 700 g/mol. The van der Waals surface area contributed by atoms with Gasteiger partial charge in [-0.1, -0.05) is 62.3 Å². The van der Waals surface area contributed by atoms with Crippen molar-refractivity contribution in [3.63, 3.8) is 0 Å². The van der Waals surface area contributed by atoms with E-state index in [4.69, 9.17) is 4.74 Å². The minimum Gasteiger partial charge on any atom is -0.616 e. The molecule has 6 nitrogen and oxygen atoms in total. The average molecular weight is 751 g/mol. The molecule has 1 aliphatic heterocycles. The minimum atomic E-state index is -5.56. The van der Waals surface area contributed by atoms with Crippen LogP contribution in [0.3, 0.4) is 0 Å². The summed E-state index contributed by atoms with van der Waals surface area (Å²) in [7, 11) is 0. The number of benzene rings is 1. The molecule has 6 rings (SSSR count). The maximum absolute atomic E-state index is 13.1. The molecule has 0 spiro atoms. The summed E-state index contributed by atoms with van der Waals surface area (Å²) in [5.41, 5.74) is 4.31. The smallest absolute Gasteiger partial charge is 0.453 e. The number of carbonyl (C=O) groups excluding carboxylic acids is 2. The first kappa shape index (κ1) is 39.0. The van der Waals surface area contributed by atoms with E-state index >= 15 is 0 Å². The third kappa shape index (κ3) is 8.63. The number of hydrogen-bond donors (Lipinski definition) is 0. The third-order valence-corrected chi connectivity index (χ3v) is 13.9. The fourth-order valence-corrected chi connectivity index (χ4v) is 10.8. The topological polar surface area (TPSA) is 82.6 Å². The Labute approximate surface area is 306 Å². The zero-order valence-electron chi connectivity index (χ0n) is 30.0.